The molecule has 7 heteroatoms. The first kappa shape index (κ1) is 11.6. The average Bonchev–Trinajstić information content (AvgIpc) is 2.60. The van der Waals surface area contributed by atoms with Crippen molar-refractivity contribution in [3.63, 3.8) is 0 Å². The Morgan fingerprint density at radius 3 is 3.00 bits per heavy atom. The van der Waals surface area contributed by atoms with E-state index in [2.05, 4.69) is 15.6 Å². The van der Waals surface area contributed by atoms with E-state index in [4.69, 9.17) is 10.2 Å². The first-order valence-electron chi connectivity index (χ1n) is 4.62. The van der Waals surface area contributed by atoms with Crippen LogP contribution in [0, 0.1) is 0 Å². The standard InChI is InChI=1S/C8H14N4O3/c1-6(13)4-9-2-3-12-5-7(8(14)15)10-11-12/h5-6,9,13H,2-4H2,1H3,(H,14,15). The van der Waals surface area contributed by atoms with Gasteiger partial charge in [0.1, 0.15) is 0 Å². The Balaban J connectivity index is 2.29. The minimum Gasteiger partial charge on any atom is -0.476 e. The molecule has 1 atom stereocenters. The van der Waals surface area contributed by atoms with Crippen molar-refractivity contribution in [2.24, 2.45) is 0 Å². The van der Waals surface area contributed by atoms with Crippen molar-refractivity contribution >= 4 is 5.97 Å². The third-order valence-electron chi connectivity index (χ3n) is 1.72. The number of nitrogens with one attached hydrogen (secondary N) is 1. The van der Waals surface area contributed by atoms with Crippen molar-refractivity contribution in [3.05, 3.63) is 11.9 Å². The Morgan fingerprint density at radius 1 is 1.73 bits per heavy atom. The third kappa shape index (κ3) is 4.05. The van der Waals surface area contributed by atoms with Crippen molar-refractivity contribution in [2.75, 3.05) is 13.1 Å². The van der Waals surface area contributed by atoms with E-state index in [-0.39, 0.29) is 5.69 Å². The number of aromatic nitrogens is 3. The molecule has 0 saturated heterocycles. The van der Waals surface area contributed by atoms with Crippen molar-refractivity contribution in [1.29, 1.82) is 0 Å². The summed E-state index contributed by atoms with van der Waals surface area (Å²) >= 11 is 0. The topological polar surface area (TPSA) is 100 Å². The fraction of sp³-hybridized carbons (Fsp3) is 0.625. The number of carboxylic acid groups (broad SMARTS) is 1. The predicted octanol–water partition coefficient (Wildman–Crippen LogP) is -1.05. The van der Waals surface area contributed by atoms with Crippen LogP contribution in [0.4, 0.5) is 0 Å². The smallest absolute Gasteiger partial charge is 0.358 e. The molecule has 0 spiro atoms. The van der Waals surface area contributed by atoms with E-state index in [1.165, 1.54) is 10.9 Å². The van der Waals surface area contributed by atoms with Gasteiger partial charge in [-0.15, -0.1) is 5.10 Å². The Hall–Kier alpha value is -1.47. The Bertz CT molecular complexity index is 323. The van der Waals surface area contributed by atoms with Gasteiger partial charge in [0.25, 0.3) is 0 Å². The molecule has 0 saturated carbocycles. The maximum atomic E-state index is 10.5. The SMILES string of the molecule is CC(O)CNCCn1cc(C(=O)O)nn1. The van der Waals surface area contributed by atoms with Gasteiger partial charge in [0, 0.05) is 13.1 Å². The monoisotopic (exact) mass is 214 g/mol. The van der Waals surface area contributed by atoms with Gasteiger partial charge in [0.15, 0.2) is 5.69 Å². The second kappa shape index (κ2) is 5.42. The Kier molecular flexibility index (Phi) is 4.19. The maximum Gasteiger partial charge on any atom is 0.358 e. The van der Waals surface area contributed by atoms with Crippen LogP contribution >= 0.6 is 0 Å². The predicted molar refractivity (Wildman–Crippen MR) is 51.5 cm³/mol. The molecule has 0 aromatic carbocycles. The number of rotatable bonds is 6. The summed E-state index contributed by atoms with van der Waals surface area (Å²) in [5, 5.41) is 27.6. The van der Waals surface area contributed by atoms with Gasteiger partial charge in [0.05, 0.1) is 18.8 Å². The molecule has 1 unspecified atom stereocenters. The molecule has 0 radical (unpaired) electrons. The van der Waals surface area contributed by atoms with Crippen molar-refractivity contribution in [2.45, 2.75) is 19.6 Å². The summed E-state index contributed by atoms with van der Waals surface area (Å²) in [6.45, 7) is 3.31. The zero-order valence-corrected chi connectivity index (χ0v) is 8.42. The van der Waals surface area contributed by atoms with E-state index in [0.29, 0.717) is 19.6 Å². The lowest BCUT2D eigenvalue weighted by molar-refractivity contribution is 0.0690. The molecule has 7 nitrogen and oxygen atoms in total. The molecule has 0 amide bonds. The molecule has 1 rings (SSSR count). The van der Waals surface area contributed by atoms with Gasteiger partial charge in [-0.25, -0.2) is 4.79 Å². The second-order valence-corrected chi connectivity index (χ2v) is 3.23. The fourth-order valence-electron chi connectivity index (χ4n) is 1.01. The summed E-state index contributed by atoms with van der Waals surface area (Å²) in [4.78, 5) is 10.5. The lowest BCUT2D eigenvalue weighted by atomic mass is 10.4. The minimum atomic E-state index is -1.09. The molecule has 1 aromatic rings. The number of aliphatic hydroxyl groups is 1. The van der Waals surface area contributed by atoms with Crippen LogP contribution in [0.15, 0.2) is 6.20 Å². The Labute approximate surface area is 86.7 Å². The van der Waals surface area contributed by atoms with Crippen LogP contribution < -0.4 is 5.32 Å². The van der Waals surface area contributed by atoms with Gasteiger partial charge in [0.2, 0.25) is 0 Å². The molecule has 0 aliphatic rings. The van der Waals surface area contributed by atoms with E-state index >= 15 is 0 Å². The quantitative estimate of drug-likeness (QED) is 0.522. The molecular weight excluding hydrogens is 200 g/mol. The highest BCUT2D eigenvalue weighted by molar-refractivity contribution is 5.84. The van der Waals surface area contributed by atoms with E-state index in [1.807, 2.05) is 0 Å². The van der Waals surface area contributed by atoms with Gasteiger partial charge in [-0.3, -0.25) is 4.68 Å². The number of carbonyl (C=O) groups is 1. The number of hydrogen-bond donors (Lipinski definition) is 3. The van der Waals surface area contributed by atoms with Crippen molar-refractivity contribution in [1.82, 2.24) is 20.3 Å². The molecule has 0 bridgehead atoms. The summed E-state index contributed by atoms with van der Waals surface area (Å²) in [5.74, 6) is -1.09. The van der Waals surface area contributed by atoms with Gasteiger partial charge in [-0.1, -0.05) is 5.21 Å². The highest BCUT2D eigenvalue weighted by Gasteiger charge is 2.07. The van der Waals surface area contributed by atoms with Crippen LogP contribution in [0.3, 0.4) is 0 Å². The summed E-state index contributed by atoms with van der Waals surface area (Å²) in [6.07, 6.45) is 0.974. The molecule has 1 heterocycles. The van der Waals surface area contributed by atoms with Gasteiger partial charge >= 0.3 is 5.97 Å². The summed E-state index contributed by atoms with van der Waals surface area (Å²) in [6, 6.07) is 0. The maximum absolute atomic E-state index is 10.5. The third-order valence-corrected chi connectivity index (χ3v) is 1.72. The molecule has 3 N–H and O–H groups in total. The second-order valence-electron chi connectivity index (χ2n) is 3.23. The number of carboxylic acids is 1. The number of aliphatic hydroxyl groups excluding tert-OH is 1. The van der Waals surface area contributed by atoms with E-state index < -0.39 is 12.1 Å². The average molecular weight is 214 g/mol. The van der Waals surface area contributed by atoms with Crippen LogP contribution in [0.5, 0.6) is 0 Å². The van der Waals surface area contributed by atoms with Gasteiger partial charge < -0.3 is 15.5 Å². The summed E-state index contributed by atoms with van der Waals surface area (Å²) < 4.78 is 1.44. The largest absolute Gasteiger partial charge is 0.476 e. The van der Waals surface area contributed by atoms with Gasteiger partial charge in [-0.05, 0) is 6.92 Å². The molecule has 0 aliphatic carbocycles. The first-order chi connectivity index (χ1) is 7.09. The fourth-order valence-corrected chi connectivity index (χ4v) is 1.01. The van der Waals surface area contributed by atoms with Crippen molar-refractivity contribution in [3.8, 4) is 0 Å². The summed E-state index contributed by atoms with van der Waals surface area (Å²) in [5.41, 5.74) is -0.0643. The van der Waals surface area contributed by atoms with E-state index in [9.17, 15) is 4.79 Å². The first-order valence-corrected chi connectivity index (χ1v) is 4.62. The normalized spacial score (nSPS) is 12.7. The number of hydrogen-bond acceptors (Lipinski definition) is 5. The van der Waals surface area contributed by atoms with Crippen LogP contribution in [-0.4, -0.2) is 50.4 Å². The number of aromatic carboxylic acids is 1. The molecular formula is C8H14N4O3. The molecule has 0 aliphatic heterocycles. The number of nitrogens with zero attached hydrogens (tertiary/aromatic N) is 3. The van der Waals surface area contributed by atoms with Crippen LogP contribution in [0.2, 0.25) is 0 Å². The Morgan fingerprint density at radius 2 is 2.47 bits per heavy atom. The highest BCUT2D eigenvalue weighted by Crippen LogP contribution is 1.91. The molecule has 84 valence electrons. The lowest BCUT2D eigenvalue weighted by Crippen LogP contribution is -2.27. The molecule has 0 fully saturated rings. The minimum absolute atomic E-state index is 0.0643. The molecule has 15 heavy (non-hydrogen) atoms. The lowest BCUT2D eigenvalue weighted by Gasteiger charge is -2.05. The summed E-state index contributed by atoms with van der Waals surface area (Å²) in [7, 11) is 0. The van der Waals surface area contributed by atoms with E-state index in [1.54, 1.807) is 6.92 Å². The van der Waals surface area contributed by atoms with Crippen LogP contribution in [-0.2, 0) is 6.54 Å². The van der Waals surface area contributed by atoms with E-state index in [0.717, 1.165) is 0 Å². The molecule has 1 aromatic heterocycles. The van der Waals surface area contributed by atoms with Crippen LogP contribution in [0.1, 0.15) is 17.4 Å². The van der Waals surface area contributed by atoms with Gasteiger partial charge in [-0.2, -0.15) is 0 Å². The highest BCUT2D eigenvalue weighted by atomic mass is 16.4. The van der Waals surface area contributed by atoms with Crippen molar-refractivity contribution < 1.29 is 15.0 Å². The van der Waals surface area contributed by atoms with Crippen LogP contribution in [0.25, 0.3) is 0 Å². The zero-order chi connectivity index (χ0) is 11.3. The zero-order valence-electron chi connectivity index (χ0n) is 8.42.